The van der Waals surface area contributed by atoms with Gasteiger partial charge in [0.1, 0.15) is 10.4 Å². The Hall–Kier alpha value is -1.86. The van der Waals surface area contributed by atoms with Crippen LogP contribution in [0.5, 0.6) is 5.75 Å². The van der Waals surface area contributed by atoms with Gasteiger partial charge in [0, 0.05) is 28.1 Å². The van der Waals surface area contributed by atoms with E-state index in [1.165, 1.54) is 13.2 Å². The Bertz CT molecular complexity index is 1160. The summed E-state index contributed by atoms with van der Waals surface area (Å²) in [6.45, 7) is 6.20. The highest BCUT2D eigenvalue weighted by molar-refractivity contribution is 7.89. The molecule has 8 heteroatoms. The molecule has 0 atom stereocenters. The van der Waals surface area contributed by atoms with Crippen LogP contribution in [0.4, 0.5) is 0 Å². The number of nitrogens with zero attached hydrogens (tertiary/aromatic N) is 1. The fraction of sp³-hybridized carbons (Fsp3) is 0.286. The number of nitrogens with one attached hydrogen (secondary N) is 1. The maximum Gasteiger partial charge on any atom is 0.244 e. The molecule has 1 aromatic heterocycles. The molecule has 0 spiro atoms. The van der Waals surface area contributed by atoms with Crippen LogP contribution in [0.25, 0.3) is 10.9 Å². The number of ether oxygens (including phenoxy) is 1. The second-order valence-corrected chi connectivity index (χ2v) is 10.3. The van der Waals surface area contributed by atoms with E-state index in [1.807, 2.05) is 32.9 Å². The Morgan fingerprint density at radius 1 is 1.07 bits per heavy atom. The Kier molecular flexibility index (Phi) is 6.11. The number of hydrogen-bond acceptors (Lipinski definition) is 4. The zero-order valence-corrected chi connectivity index (χ0v) is 18.9. The van der Waals surface area contributed by atoms with E-state index in [0.717, 1.165) is 11.3 Å². The molecule has 0 aliphatic heterocycles. The van der Waals surface area contributed by atoms with Gasteiger partial charge in [-0.2, -0.15) is 0 Å². The molecule has 2 aromatic carbocycles. The van der Waals surface area contributed by atoms with Crippen LogP contribution in [0.2, 0.25) is 10.0 Å². The first-order valence-electron chi connectivity index (χ1n) is 8.95. The van der Waals surface area contributed by atoms with E-state index in [0.29, 0.717) is 20.9 Å². The highest BCUT2D eigenvalue weighted by Crippen LogP contribution is 2.38. The Balaban J connectivity index is 2.08. The summed E-state index contributed by atoms with van der Waals surface area (Å²) < 4.78 is 34.1. The molecular formula is C21H22Cl2N2O3S. The number of pyridine rings is 1. The zero-order chi connectivity index (χ0) is 21.4. The molecule has 0 saturated carbocycles. The highest BCUT2D eigenvalue weighted by Gasteiger charge is 2.25. The first-order valence-corrected chi connectivity index (χ1v) is 11.2. The molecule has 0 saturated heterocycles. The van der Waals surface area contributed by atoms with Gasteiger partial charge >= 0.3 is 0 Å². The van der Waals surface area contributed by atoms with E-state index in [-0.39, 0.29) is 22.6 Å². The van der Waals surface area contributed by atoms with Crippen LogP contribution < -0.4 is 9.46 Å². The fourth-order valence-corrected chi connectivity index (χ4v) is 4.53. The van der Waals surface area contributed by atoms with Gasteiger partial charge in [-0.3, -0.25) is 0 Å². The summed E-state index contributed by atoms with van der Waals surface area (Å²) in [4.78, 5) is 4.61. The van der Waals surface area contributed by atoms with Crippen molar-refractivity contribution in [2.24, 2.45) is 0 Å². The predicted molar refractivity (Wildman–Crippen MR) is 117 cm³/mol. The molecule has 0 unspecified atom stereocenters. The smallest absolute Gasteiger partial charge is 0.244 e. The fourth-order valence-electron chi connectivity index (χ4n) is 2.87. The number of aromatic nitrogens is 1. The number of halogens is 2. The largest absolute Gasteiger partial charge is 0.493 e. The first kappa shape index (κ1) is 21.8. The molecule has 1 N–H and O–H groups in total. The lowest BCUT2D eigenvalue weighted by Gasteiger charge is -2.20. The molecule has 0 amide bonds. The summed E-state index contributed by atoms with van der Waals surface area (Å²) in [5.74, 6) is 0.166. The number of rotatable bonds is 5. The van der Waals surface area contributed by atoms with Crippen molar-refractivity contribution in [3.05, 3.63) is 63.8 Å². The molecule has 1 heterocycles. The summed E-state index contributed by atoms with van der Waals surface area (Å²) in [6.07, 6.45) is 0. The average Bonchev–Trinajstić information content (AvgIpc) is 2.66. The van der Waals surface area contributed by atoms with Crippen molar-refractivity contribution in [2.75, 3.05) is 7.11 Å². The van der Waals surface area contributed by atoms with Gasteiger partial charge in [-0.15, -0.1) is 0 Å². The molecule has 0 bridgehead atoms. The van der Waals surface area contributed by atoms with Crippen LogP contribution in [-0.4, -0.2) is 20.5 Å². The van der Waals surface area contributed by atoms with E-state index in [4.69, 9.17) is 27.9 Å². The van der Waals surface area contributed by atoms with Crippen LogP contribution in [0.3, 0.4) is 0 Å². The van der Waals surface area contributed by atoms with Crippen molar-refractivity contribution in [2.45, 2.75) is 37.6 Å². The minimum absolute atomic E-state index is 0.0509. The molecule has 0 radical (unpaired) electrons. The predicted octanol–water partition coefficient (Wildman–Crippen LogP) is 5.33. The SMILES string of the molecule is COc1c(S(=O)(=O)NCc2ccc(Cl)cc2)cc(Cl)c2ccc(C(C)(C)C)nc12. The minimum Gasteiger partial charge on any atom is -0.493 e. The highest BCUT2D eigenvalue weighted by atomic mass is 35.5. The third-order valence-corrected chi connectivity index (χ3v) is 6.46. The monoisotopic (exact) mass is 452 g/mol. The quantitative estimate of drug-likeness (QED) is 0.567. The third-order valence-electron chi connectivity index (χ3n) is 4.49. The van der Waals surface area contributed by atoms with Crippen molar-refractivity contribution < 1.29 is 13.2 Å². The van der Waals surface area contributed by atoms with Crippen molar-refractivity contribution in [1.82, 2.24) is 9.71 Å². The van der Waals surface area contributed by atoms with E-state index in [2.05, 4.69) is 9.71 Å². The minimum atomic E-state index is -3.91. The maximum atomic E-state index is 13.0. The van der Waals surface area contributed by atoms with Crippen molar-refractivity contribution in [1.29, 1.82) is 0 Å². The molecule has 3 rings (SSSR count). The van der Waals surface area contributed by atoms with Gasteiger partial charge in [0.05, 0.1) is 12.1 Å². The Morgan fingerprint density at radius 2 is 1.72 bits per heavy atom. The van der Waals surface area contributed by atoms with Crippen LogP contribution >= 0.6 is 23.2 Å². The molecule has 5 nitrogen and oxygen atoms in total. The van der Waals surface area contributed by atoms with Crippen molar-refractivity contribution in [3.8, 4) is 5.75 Å². The van der Waals surface area contributed by atoms with Crippen molar-refractivity contribution >= 4 is 44.1 Å². The van der Waals surface area contributed by atoms with Crippen LogP contribution in [0.1, 0.15) is 32.0 Å². The van der Waals surface area contributed by atoms with E-state index >= 15 is 0 Å². The maximum absolute atomic E-state index is 13.0. The molecule has 154 valence electrons. The van der Waals surface area contributed by atoms with Gasteiger partial charge in [0.2, 0.25) is 10.0 Å². The normalized spacial score (nSPS) is 12.3. The summed E-state index contributed by atoms with van der Waals surface area (Å²) in [5, 5.41) is 1.51. The average molecular weight is 453 g/mol. The zero-order valence-electron chi connectivity index (χ0n) is 16.6. The molecule has 29 heavy (non-hydrogen) atoms. The van der Waals surface area contributed by atoms with E-state index < -0.39 is 10.0 Å². The van der Waals surface area contributed by atoms with Crippen LogP contribution in [0.15, 0.2) is 47.4 Å². The van der Waals surface area contributed by atoms with E-state index in [1.54, 1.807) is 24.3 Å². The second-order valence-electron chi connectivity index (χ2n) is 7.68. The van der Waals surface area contributed by atoms with Gasteiger partial charge in [-0.05, 0) is 35.9 Å². The molecule has 0 aliphatic rings. The lowest BCUT2D eigenvalue weighted by Crippen LogP contribution is -2.24. The standard InChI is InChI=1S/C21H22Cl2N2O3S/c1-21(2,3)18-10-9-15-16(23)11-17(20(28-4)19(15)25-18)29(26,27)24-12-13-5-7-14(22)8-6-13/h5-11,24H,12H2,1-4H3. The number of fused-ring (bicyclic) bond motifs is 1. The summed E-state index contributed by atoms with van der Waals surface area (Å²) in [5.41, 5.74) is 1.78. The van der Waals surface area contributed by atoms with Gasteiger partial charge in [0.25, 0.3) is 0 Å². The molecule has 0 fully saturated rings. The number of hydrogen-bond donors (Lipinski definition) is 1. The molecule has 3 aromatic rings. The van der Waals surface area contributed by atoms with E-state index in [9.17, 15) is 8.42 Å². The van der Waals surface area contributed by atoms with Gasteiger partial charge in [-0.25, -0.2) is 18.1 Å². The third kappa shape index (κ3) is 4.67. The Labute approximate surface area is 181 Å². The number of methoxy groups -OCH3 is 1. The molecular weight excluding hydrogens is 431 g/mol. The van der Waals surface area contributed by atoms with Gasteiger partial charge in [0.15, 0.2) is 5.75 Å². The topological polar surface area (TPSA) is 68.3 Å². The summed E-state index contributed by atoms with van der Waals surface area (Å²) in [7, 11) is -2.48. The van der Waals surface area contributed by atoms with Crippen LogP contribution in [0, 0.1) is 0 Å². The number of benzene rings is 2. The lowest BCUT2D eigenvalue weighted by molar-refractivity contribution is 0.406. The lowest BCUT2D eigenvalue weighted by atomic mass is 9.91. The number of sulfonamides is 1. The first-order chi connectivity index (χ1) is 13.5. The summed E-state index contributed by atoms with van der Waals surface area (Å²) in [6, 6.07) is 12.0. The van der Waals surface area contributed by atoms with Gasteiger partial charge < -0.3 is 4.74 Å². The summed E-state index contributed by atoms with van der Waals surface area (Å²) >= 11 is 12.3. The van der Waals surface area contributed by atoms with Crippen LogP contribution in [-0.2, 0) is 22.0 Å². The van der Waals surface area contributed by atoms with Gasteiger partial charge in [-0.1, -0.05) is 56.1 Å². The van der Waals surface area contributed by atoms with Crippen molar-refractivity contribution in [3.63, 3.8) is 0 Å². The molecule has 0 aliphatic carbocycles. The second kappa shape index (κ2) is 8.11. The Morgan fingerprint density at radius 3 is 2.31 bits per heavy atom.